The lowest BCUT2D eigenvalue weighted by Gasteiger charge is -2.51. The number of hydrogen-bond acceptors (Lipinski definition) is 5. The molecule has 0 unspecified atom stereocenters. The number of benzene rings is 2. The molecule has 3 aliphatic rings. The highest BCUT2D eigenvalue weighted by Gasteiger charge is 2.52. The molecular formula is C23H26ClN3O2. The number of nitrogens with zero attached hydrogens (tertiary/aromatic N) is 2. The molecule has 0 bridgehead atoms. The third-order valence-electron chi connectivity index (χ3n) is 6.36. The van der Waals surface area contributed by atoms with Gasteiger partial charge in [-0.15, -0.1) is 0 Å². The van der Waals surface area contributed by atoms with E-state index in [-0.39, 0.29) is 6.04 Å². The number of rotatable bonds is 3. The summed E-state index contributed by atoms with van der Waals surface area (Å²) in [4.78, 5) is 2.48. The van der Waals surface area contributed by atoms with Gasteiger partial charge in [0.25, 0.3) is 0 Å². The molecule has 2 aromatic rings. The summed E-state index contributed by atoms with van der Waals surface area (Å²) >= 11 is 6.10. The molecule has 0 radical (unpaired) electrons. The topological polar surface area (TPSA) is 37.0 Å². The first-order valence-electron chi connectivity index (χ1n) is 10.3. The standard InChI is InChI=1S/C23H26ClN3O2/c1-3-26-13-11-23(12-14-26)27-20(18-5-4-6-21(28-2)22(18)29-23)15-19(25-27)16-7-9-17(24)10-8-16/h4-10,15,20,25H,3,11-14H2,1-2H3/t20-/m0/s1. The molecule has 2 aromatic carbocycles. The Morgan fingerprint density at radius 1 is 1.17 bits per heavy atom. The molecule has 0 aromatic heterocycles. The van der Waals surface area contributed by atoms with Gasteiger partial charge in [-0.2, -0.15) is 5.01 Å². The normalized spacial score (nSPS) is 23.0. The van der Waals surface area contributed by atoms with Gasteiger partial charge in [-0.25, -0.2) is 0 Å². The Morgan fingerprint density at radius 2 is 1.93 bits per heavy atom. The van der Waals surface area contributed by atoms with E-state index in [0.29, 0.717) is 0 Å². The van der Waals surface area contributed by atoms with Gasteiger partial charge >= 0.3 is 0 Å². The zero-order valence-corrected chi connectivity index (χ0v) is 17.6. The van der Waals surface area contributed by atoms with E-state index in [1.807, 2.05) is 24.3 Å². The summed E-state index contributed by atoms with van der Waals surface area (Å²) in [6.45, 7) is 5.32. The largest absolute Gasteiger partial charge is 0.493 e. The van der Waals surface area contributed by atoms with Crippen molar-refractivity contribution in [3.05, 3.63) is 64.7 Å². The number of hydrogen-bond donors (Lipinski definition) is 1. The van der Waals surface area contributed by atoms with Crippen molar-refractivity contribution >= 4 is 17.3 Å². The molecule has 152 valence electrons. The number of halogens is 1. The van der Waals surface area contributed by atoms with Crippen molar-refractivity contribution in [1.29, 1.82) is 0 Å². The first kappa shape index (κ1) is 18.8. The Morgan fingerprint density at radius 3 is 2.62 bits per heavy atom. The van der Waals surface area contributed by atoms with Crippen LogP contribution in [0.25, 0.3) is 5.70 Å². The fraction of sp³-hybridized carbons (Fsp3) is 0.391. The number of ether oxygens (including phenoxy) is 2. The Labute approximate surface area is 176 Å². The third-order valence-corrected chi connectivity index (χ3v) is 6.61. The molecule has 3 aliphatic heterocycles. The Bertz CT molecular complexity index is 936. The van der Waals surface area contributed by atoms with E-state index >= 15 is 0 Å². The zero-order valence-electron chi connectivity index (χ0n) is 16.8. The number of piperidine rings is 1. The Hall–Kier alpha value is -2.21. The number of hydrazine groups is 1. The van der Waals surface area contributed by atoms with Crippen LogP contribution in [-0.4, -0.2) is 42.4 Å². The van der Waals surface area contributed by atoms with Crippen molar-refractivity contribution in [2.24, 2.45) is 0 Å². The van der Waals surface area contributed by atoms with Gasteiger partial charge in [-0.3, -0.25) is 0 Å². The fourth-order valence-electron chi connectivity index (χ4n) is 4.68. The van der Waals surface area contributed by atoms with E-state index in [1.165, 1.54) is 0 Å². The smallest absolute Gasteiger partial charge is 0.183 e. The van der Waals surface area contributed by atoms with Crippen molar-refractivity contribution < 1.29 is 9.47 Å². The van der Waals surface area contributed by atoms with Gasteiger partial charge in [0, 0.05) is 36.5 Å². The number of fused-ring (bicyclic) bond motifs is 4. The van der Waals surface area contributed by atoms with E-state index in [0.717, 1.165) is 65.8 Å². The van der Waals surface area contributed by atoms with Crippen LogP contribution in [0.3, 0.4) is 0 Å². The monoisotopic (exact) mass is 411 g/mol. The molecule has 5 nitrogen and oxygen atoms in total. The molecule has 0 amide bonds. The molecule has 1 saturated heterocycles. The Kier molecular flexibility index (Phi) is 4.69. The van der Waals surface area contributed by atoms with Gasteiger partial charge in [0.05, 0.1) is 18.8 Å². The predicted octanol–water partition coefficient (Wildman–Crippen LogP) is 4.46. The highest BCUT2D eigenvalue weighted by molar-refractivity contribution is 6.30. The summed E-state index contributed by atoms with van der Waals surface area (Å²) in [6.07, 6.45) is 4.16. The highest BCUT2D eigenvalue weighted by atomic mass is 35.5. The maximum atomic E-state index is 6.75. The van der Waals surface area contributed by atoms with E-state index < -0.39 is 5.72 Å². The molecule has 1 fully saturated rings. The maximum Gasteiger partial charge on any atom is 0.183 e. The molecule has 1 N–H and O–H groups in total. The van der Waals surface area contributed by atoms with Crippen LogP contribution in [0.1, 0.15) is 36.9 Å². The highest BCUT2D eigenvalue weighted by Crippen LogP contribution is 2.51. The zero-order chi connectivity index (χ0) is 20.0. The lowest BCUT2D eigenvalue weighted by atomic mass is 9.92. The summed E-state index contributed by atoms with van der Waals surface area (Å²) in [5.74, 6) is 1.67. The average Bonchev–Trinajstić information content (AvgIpc) is 3.21. The van der Waals surface area contributed by atoms with Crippen LogP contribution in [-0.2, 0) is 0 Å². The lowest BCUT2D eigenvalue weighted by molar-refractivity contribution is -0.160. The van der Waals surface area contributed by atoms with Crippen molar-refractivity contribution in [1.82, 2.24) is 15.3 Å². The summed E-state index contributed by atoms with van der Waals surface area (Å²) in [7, 11) is 1.71. The van der Waals surface area contributed by atoms with Crippen LogP contribution >= 0.6 is 11.6 Å². The van der Waals surface area contributed by atoms with Crippen LogP contribution in [0.15, 0.2) is 48.5 Å². The predicted molar refractivity (Wildman–Crippen MR) is 115 cm³/mol. The van der Waals surface area contributed by atoms with Gasteiger partial charge in [-0.05, 0) is 36.4 Å². The minimum Gasteiger partial charge on any atom is -0.493 e. The first-order chi connectivity index (χ1) is 14.1. The van der Waals surface area contributed by atoms with Crippen LogP contribution < -0.4 is 14.9 Å². The van der Waals surface area contributed by atoms with Crippen LogP contribution in [0.5, 0.6) is 11.5 Å². The van der Waals surface area contributed by atoms with Crippen molar-refractivity contribution in [3.8, 4) is 11.5 Å². The molecule has 1 atom stereocenters. The molecule has 6 heteroatoms. The molecule has 0 aliphatic carbocycles. The van der Waals surface area contributed by atoms with Gasteiger partial charge in [0.15, 0.2) is 17.2 Å². The number of methoxy groups -OCH3 is 1. The van der Waals surface area contributed by atoms with E-state index in [4.69, 9.17) is 21.1 Å². The minimum atomic E-state index is -0.400. The molecule has 5 rings (SSSR count). The molecule has 0 saturated carbocycles. The molecule has 29 heavy (non-hydrogen) atoms. The van der Waals surface area contributed by atoms with Gasteiger partial charge in [-0.1, -0.05) is 42.8 Å². The van der Waals surface area contributed by atoms with Crippen molar-refractivity contribution in [3.63, 3.8) is 0 Å². The van der Waals surface area contributed by atoms with E-state index in [1.54, 1.807) is 7.11 Å². The quantitative estimate of drug-likeness (QED) is 0.807. The summed E-state index contributed by atoms with van der Waals surface area (Å²) < 4.78 is 12.4. The maximum absolute atomic E-state index is 6.75. The molecule has 1 spiro atoms. The third kappa shape index (κ3) is 3.08. The fourth-order valence-corrected chi connectivity index (χ4v) is 4.81. The van der Waals surface area contributed by atoms with Gasteiger partial charge in [0.1, 0.15) is 0 Å². The first-order valence-corrected chi connectivity index (χ1v) is 10.6. The van der Waals surface area contributed by atoms with Crippen LogP contribution in [0.2, 0.25) is 5.02 Å². The van der Waals surface area contributed by atoms with Gasteiger partial charge < -0.3 is 19.8 Å². The Balaban J connectivity index is 1.57. The summed E-state index contributed by atoms with van der Waals surface area (Å²) in [5.41, 5.74) is 6.60. The van der Waals surface area contributed by atoms with E-state index in [9.17, 15) is 0 Å². The number of likely N-dealkylation sites (tertiary alicyclic amines) is 1. The second-order valence-corrected chi connectivity index (χ2v) is 8.31. The average molecular weight is 412 g/mol. The van der Waals surface area contributed by atoms with Crippen LogP contribution in [0.4, 0.5) is 0 Å². The summed E-state index contributed by atoms with van der Waals surface area (Å²) in [5, 5.41) is 3.05. The number of para-hydroxylation sites is 1. The van der Waals surface area contributed by atoms with Crippen LogP contribution in [0, 0.1) is 0 Å². The molecular weight excluding hydrogens is 386 g/mol. The van der Waals surface area contributed by atoms with Gasteiger partial charge in [0.2, 0.25) is 0 Å². The number of nitrogens with one attached hydrogen (secondary N) is 1. The lowest BCUT2D eigenvalue weighted by Crippen LogP contribution is -2.63. The van der Waals surface area contributed by atoms with Crippen molar-refractivity contribution in [2.75, 3.05) is 26.7 Å². The minimum absolute atomic E-state index is 0.0905. The summed E-state index contributed by atoms with van der Waals surface area (Å²) in [6, 6.07) is 14.2. The van der Waals surface area contributed by atoms with Crippen molar-refractivity contribution in [2.45, 2.75) is 31.5 Å². The van der Waals surface area contributed by atoms with E-state index in [2.05, 4.69) is 46.5 Å². The second-order valence-electron chi connectivity index (χ2n) is 7.88. The SMILES string of the molecule is CCN1CCC2(CC1)Oc1c(OC)cccc1[C@@H]1C=C(c3ccc(Cl)cc3)NN12. The second kappa shape index (κ2) is 7.24. The molecule has 3 heterocycles.